The Hall–Kier alpha value is -2.56. The van der Waals surface area contributed by atoms with Gasteiger partial charge in [0.2, 0.25) is 5.91 Å². The van der Waals surface area contributed by atoms with E-state index >= 15 is 0 Å². The highest BCUT2D eigenvalue weighted by Crippen LogP contribution is 2.20. The first kappa shape index (κ1) is 13.9. The molecule has 1 aromatic carbocycles. The highest BCUT2D eigenvalue weighted by atomic mass is 16.1. The second kappa shape index (κ2) is 6.06. The van der Waals surface area contributed by atoms with Gasteiger partial charge in [-0.3, -0.25) is 14.8 Å². The molecular weight excluding hydrogens is 252 g/mol. The SMILES string of the molecule is CC(=N)C(C)C(=O)Nc1cccc(-c2cnccn2)c1. The van der Waals surface area contributed by atoms with Crippen molar-refractivity contribution >= 4 is 17.3 Å². The van der Waals surface area contributed by atoms with Crippen LogP contribution in [-0.2, 0) is 4.79 Å². The van der Waals surface area contributed by atoms with E-state index in [9.17, 15) is 4.79 Å². The third-order valence-electron chi connectivity index (χ3n) is 3.03. The lowest BCUT2D eigenvalue weighted by Gasteiger charge is -2.11. The lowest BCUT2D eigenvalue weighted by Crippen LogP contribution is -2.25. The molecule has 0 saturated heterocycles. The monoisotopic (exact) mass is 268 g/mol. The van der Waals surface area contributed by atoms with Crippen molar-refractivity contribution in [3.8, 4) is 11.3 Å². The highest BCUT2D eigenvalue weighted by Gasteiger charge is 2.14. The van der Waals surface area contributed by atoms with Gasteiger partial charge in [0.05, 0.1) is 17.8 Å². The molecule has 0 radical (unpaired) electrons. The fourth-order valence-electron chi connectivity index (χ4n) is 1.65. The van der Waals surface area contributed by atoms with Gasteiger partial charge in [-0.05, 0) is 26.0 Å². The topological polar surface area (TPSA) is 78.7 Å². The lowest BCUT2D eigenvalue weighted by molar-refractivity contribution is -0.117. The molecule has 2 rings (SSSR count). The van der Waals surface area contributed by atoms with Gasteiger partial charge in [0, 0.05) is 29.4 Å². The maximum absolute atomic E-state index is 11.9. The van der Waals surface area contributed by atoms with Crippen LogP contribution in [-0.4, -0.2) is 21.6 Å². The van der Waals surface area contributed by atoms with Crippen LogP contribution in [0.2, 0.25) is 0 Å². The zero-order valence-corrected chi connectivity index (χ0v) is 11.4. The molecule has 0 aliphatic heterocycles. The van der Waals surface area contributed by atoms with Gasteiger partial charge in [0.15, 0.2) is 0 Å². The van der Waals surface area contributed by atoms with Crippen molar-refractivity contribution in [3.63, 3.8) is 0 Å². The number of aromatic nitrogens is 2. The summed E-state index contributed by atoms with van der Waals surface area (Å²) in [6.07, 6.45) is 4.91. The van der Waals surface area contributed by atoms with Crippen molar-refractivity contribution in [1.29, 1.82) is 5.41 Å². The zero-order valence-electron chi connectivity index (χ0n) is 11.4. The fourth-order valence-corrected chi connectivity index (χ4v) is 1.65. The minimum absolute atomic E-state index is 0.186. The maximum atomic E-state index is 11.9. The average molecular weight is 268 g/mol. The number of benzene rings is 1. The normalized spacial score (nSPS) is 11.7. The summed E-state index contributed by atoms with van der Waals surface area (Å²) in [7, 11) is 0. The fraction of sp³-hybridized carbons (Fsp3) is 0.200. The minimum atomic E-state index is -0.435. The Morgan fingerprint density at radius 2 is 2.15 bits per heavy atom. The van der Waals surface area contributed by atoms with Gasteiger partial charge in [-0.2, -0.15) is 0 Å². The number of hydrogen-bond acceptors (Lipinski definition) is 4. The molecule has 0 fully saturated rings. The molecule has 0 spiro atoms. The Kier molecular flexibility index (Phi) is 4.20. The van der Waals surface area contributed by atoms with Crippen molar-refractivity contribution < 1.29 is 4.79 Å². The van der Waals surface area contributed by atoms with Crippen LogP contribution in [0, 0.1) is 11.3 Å². The van der Waals surface area contributed by atoms with Crippen LogP contribution < -0.4 is 5.32 Å². The highest BCUT2D eigenvalue weighted by molar-refractivity contribution is 6.07. The Labute approximate surface area is 117 Å². The van der Waals surface area contributed by atoms with E-state index in [1.165, 1.54) is 0 Å². The predicted octanol–water partition coefficient (Wildman–Crippen LogP) is 2.76. The lowest BCUT2D eigenvalue weighted by atomic mass is 10.1. The van der Waals surface area contributed by atoms with Crippen molar-refractivity contribution in [2.75, 3.05) is 5.32 Å². The van der Waals surface area contributed by atoms with Crippen molar-refractivity contribution in [2.24, 2.45) is 5.92 Å². The van der Waals surface area contributed by atoms with Crippen LogP contribution >= 0.6 is 0 Å². The van der Waals surface area contributed by atoms with Gasteiger partial charge < -0.3 is 10.7 Å². The van der Waals surface area contributed by atoms with Crippen molar-refractivity contribution in [3.05, 3.63) is 42.9 Å². The summed E-state index contributed by atoms with van der Waals surface area (Å²) in [6.45, 7) is 3.34. The maximum Gasteiger partial charge on any atom is 0.232 e. The van der Waals surface area contributed by atoms with Crippen molar-refractivity contribution in [2.45, 2.75) is 13.8 Å². The second-order valence-corrected chi connectivity index (χ2v) is 4.57. The van der Waals surface area contributed by atoms with Crippen LogP contribution in [0.1, 0.15) is 13.8 Å². The largest absolute Gasteiger partial charge is 0.326 e. The number of anilines is 1. The summed E-state index contributed by atoms with van der Waals surface area (Å²) in [5, 5.41) is 10.3. The summed E-state index contributed by atoms with van der Waals surface area (Å²) >= 11 is 0. The molecule has 1 amide bonds. The molecular formula is C15H16N4O. The Bertz CT molecular complexity index is 625. The molecule has 2 N–H and O–H groups in total. The van der Waals surface area contributed by atoms with Gasteiger partial charge in [0.1, 0.15) is 0 Å². The van der Waals surface area contributed by atoms with E-state index in [0.717, 1.165) is 11.3 Å². The van der Waals surface area contributed by atoms with Crippen LogP contribution in [0.4, 0.5) is 5.69 Å². The van der Waals surface area contributed by atoms with Gasteiger partial charge in [-0.15, -0.1) is 0 Å². The summed E-state index contributed by atoms with van der Waals surface area (Å²) in [5.41, 5.74) is 2.66. The summed E-state index contributed by atoms with van der Waals surface area (Å²) in [6, 6.07) is 7.41. The number of hydrogen-bond donors (Lipinski definition) is 2. The van der Waals surface area contributed by atoms with E-state index < -0.39 is 5.92 Å². The van der Waals surface area contributed by atoms with Crippen LogP contribution in [0.5, 0.6) is 0 Å². The molecule has 2 aromatic rings. The number of nitrogens with one attached hydrogen (secondary N) is 2. The van der Waals surface area contributed by atoms with E-state index in [2.05, 4.69) is 15.3 Å². The number of amides is 1. The van der Waals surface area contributed by atoms with Gasteiger partial charge >= 0.3 is 0 Å². The molecule has 0 bridgehead atoms. The van der Waals surface area contributed by atoms with E-state index in [-0.39, 0.29) is 5.91 Å². The van der Waals surface area contributed by atoms with Crippen molar-refractivity contribution in [1.82, 2.24) is 9.97 Å². The quantitative estimate of drug-likeness (QED) is 0.837. The Morgan fingerprint density at radius 3 is 2.80 bits per heavy atom. The number of carbonyl (C=O) groups is 1. The third kappa shape index (κ3) is 3.26. The minimum Gasteiger partial charge on any atom is -0.326 e. The molecule has 0 aliphatic rings. The van der Waals surface area contributed by atoms with E-state index in [1.807, 2.05) is 24.3 Å². The molecule has 1 atom stereocenters. The zero-order chi connectivity index (χ0) is 14.5. The van der Waals surface area contributed by atoms with Crippen LogP contribution in [0.25, 0.3) is 11.3 Å². The predicted molar refractivity (Wildman–Crippen MR) is 78.7 cm³/mol. The van der Waals surface area contributed by atoms with Gasteiger partial charge in [-0.1, -0.05) is 12.1 Å². The smallest absolute Gasteiger partial charge is 0.232 e. The molecule has 102 valence electrons. The third-order valence-corrected chi connectivity index (χ3v) is 3.03. The molecule has 20 heavy (non-hydrogen) atoms. The van der Waals surface area contributed by atoms with Gasteiger partial charge in [-0.25, -0.2) is 0 Å². The number of rotatable bonds is 4. The van der Waals surface area contributed by atoms with Crippen LogP contribution in [0.3, 0.4) is 0 Å². The molecule has 5 heteroatoms. The van der Waals surface area contributed by atoms with Crippen LogP contribution in [0.15, 0.2) is 42.9 Å². The Morgan fingerprint density at radius 1 is 1.35 bits per heavy atom. The van der Waals surface area contributed by atoms with E-state index in [4.69, 9.17) is 5.41 Å². The first-order valence-electron chi connectivity index (χ1n) is 6.30. The molecule has 1 heterocycles. The molecule has 1 aromatic heterocycles. The molecule has 1 unspecified atom stereocenters. The number of carbonyl (C=O) groups excluding carboxylic acids is 1. The first-order chi connectivity index (χ1) is 9.58. The average Bonchev–Trinajstić information content (AvgIpc) is 2.47. The summed E-state index contributed by atoms with van der Waals surface area (Å²) in [4.78, 5) is 20.2. The summed E-state index contributed by atoms with van der Waals surface area (Å²) < 4.78 is 0. The molecule has 0 aliphatic carbocycles. The molecule has 0 saturated carbocycles. The summed E-state index contributed by atoms with van der Waals surface area (Å²) in [5.74, 6) is -0.621. The standard InChI is InChI=1S/C15H16N4O/c1-10(11(2)16)15(20)19-13-5-3-4-12(8-13)14-9-17-6-7-18-14/h3-10,16H,1-2H3,(H,19,20). The first-order valence-corrected chi connectivity index (χ1v) is 6.30. The van der Waals surface area contributed by atoms with Gasteiger partial charge in [0.25, 0.3) is 0 Å². The van der Waals surface area contributed by atoms with E-state index in [1.54, 1.807) is 32.4 Å². The Balaban J connectivity index is 2.19. The van der Waals surface area contributed by atoms with E-state index in [0.29, 0.717) is 11.4 Å². The second-order valence-electron chi connectivity index (χ2n) is 4.57. The molecule has 5 nitrogen and oxygen atoms in total. The number of nitrogens with zero attached hydrogens (tertiary/aromatic N) is 2.